The second-order valence-corrected chi connectivity index (χ2v) is 6.62. The Labute approximate surface area is 125 Å². The average Bonchev–Trinajstić information content (AvgIpc) is 2.99. The first kappa shape index (κ1) is 15.4. The van der Waals surface area contributed by atoms with E-state index in [-0.39, 0.29) is 5.91 Å². The lowest BCUT2D eigenvalue weighted by Gasteiger charge is -2.18. The fourth-order valence-electron chi connectivity index (χ4n) is 2.70. The van der Waals surface area contributed by atoms with Crippen LogP contribution in [-0.4, -0.2) is 29.4 Å². The summed E-state index contributed by atoms with van der Waals surface area (Å²) in [5.74, 6) is 1.25. The topological polar surface area (TPSA) is 49.3 Å². The van der Waals surface area contributed by atoms with Crippen LogP contribution in [0.3, 0.4) is 0 Å². The van der Waals surface area contributed by atoms with E-state index in [1.165, 1.54) is 12.8 Å². The van der Waals surface area contributed by atoms with E-state index in [1.807, 2.05) is 24.3 Å². The zero-order chi connectivity index (χ0) is 14.4. The van der Waals surface area contributed by atoms with Crippen molar-refractivity contribution in [2.45, 2.75) is 43.6 Å². The molecule has 1 aromatic carbocycles. The quantitative estimate of drug-likeness (QED) is 0.793. The molecule has 2 N–H and O–H groups in total. The largest absolute Gasteiger partial charge is 0.391 e. The van der Waals surface area contributed by atoms with E-state index in [0.717, 1.165) is 23.5 Å². The minimum atomic E-state index is -0.408. The molecule has 3 nitrogen and oxygen atoms in total. The molecule has 0 aromatic heterocycles. The lowest BCUT2D eigenvalue weighted by atomic mass is 10.0. The van der Waals surface area contributed by atoms with Crippen LogP contribution in [-0.2, 0) is 0 Å². The average molecular weight is 293 g/mol. The highest BCUT2D eigenvalue weighted by atomic mass is 32.2. The number of hydrogen-bond acceptors (Lipinski definition) is 3. The summed E-state index contributed by atoms with van der Waals surface area (Å²) < 4.78 is 0. The summed E-state index contributed by atoms with van der Waals surface area (Å²) in [6, 6.07) is 7.64. The maximum Gasteiger partial charge on any atom is 0.251 e. The van der Waals surface area contributed by atoms with Crippen LogP contribution in [0.2, 0.25) is 0 Å². The van der Waals surface area contributed by atoms with E-state index in [4.69, 9.17) is 0 Å². The van der Waals surface area contributed by atoms with Gasteiger partial charge >= 0.3 is 0 Å². The minimum Gasteiger partial charge on any atom is -0.391 e. The molecule has 20 heavy (non-hydrogen) atoms. The molecule has 0 saturated heterocycles. The summed E-state index contributed by atoms with van der Waals surface area (Å²) in [7, 11) is 0. The van der Waals surface area contributed by atoms with Crippen LogP contribution in [0.1, 0.15) is 43.0 Å². The Kier molecular flexibility index (Phi) is 5.92. The summed E-state index contributed by atoms with van der Waals surface area (Å²) in [5.41, 5.74) is 0.669. The highest BCUT2D eigenvalue weighted by Gasteiger charge is 2.23. The van der Waals surface area contributed by atoms with Crippen LogP contribution in [0.25, 0.3) is 0 Å². The maximum atomic E-state index is 12.1. The lowest BCUT2D eigenvalue weighted by Crippen LogP contribution is -2.35. The molecule has 1 aliphatic rings. The normalized spacial score (nSPS) is 17.1. The van der Waals surface area contributed by atoms with Crippen molar-refractivity contribution in [1.29, 1.82) is 0 Å². The molecular formula is C16H23NO2S. The summed E-state index contributed by atoms with van der Waals surface area (Å²) in [6.45, 7) is 2.45. The predicted octanol–water partition coefficient (Wildman–Crippen LogP) is 3.08. The van der Waals surface area contributed by atoms with Gasteiger partial charge in [0.25, 0.3) is 5.91 Å². The first-order chi connectivity index (χ1) is 9.70. The molecule has 4 heteroatoms. The standard InChI is InChI=1S/C16H23NO2S/c1-2-20-14-9-5-8-13(10-14)16(19)17-11-15(18)12-6-3-4-7-12/h5,8-10,12,15,18H,2-4,6-7,11H2,1H3,(H,17,19). The molecule has 1 amide bonds. The van der Waals surface area contributed by atoms with Gasteiger partial charge < -0.3 is 10.4 Å². The predicted molar refractivity (Wildman–Crippen MR) is 83.1 cm³/mol. The summed E-state index contributed by atoms with van der Waals surface area (Å²) in [4.78, 5) is 13.2. The van der Waals surface area contributed by atoms with E-state index in [1.54, 1.807) is 11.8 Å². The number of carbonyl (C=O) groups excluding carboxylic acids is 1. The summed E-state index contributed by atoms with van der Waals surface area (Å²) >= 11 is 1.72. The van der Waals surface area contributed by atoms with Crippen molar-refractivity contribution in [3.63, 3.8) is 0 Å². The van der Waals surface area contributed by atoms with E-state index >= 15 is 0 Å². The van der Waals surface area contributed by atoms with Gasteiger partial charge in [0.2, 0.25) is 0 Å². The smallest absolute Gasteiger partial charge is 0.251 e. The zero-order valence-corrected chi connectivity index (χ0v) is 12.8. The van der Waals surface area contributed by atoms with Crippen LogP contribution in [0, 0.1) is 5.92 Å². The summed E-state index contributed by atoms with van der Waals surface area (Å²) in [5, 5.41) is 12.9. The molecule has 0 spiro atoms. The van der Waals surface area contributed by atoms with Gasteiger partial charge in [-0.2, -0.15) is 0 Å². The fraction of sp³-hybridized carbons (Fsp3) is 0.562. The van der Waals surface area contributed by atoms with Gasteiger partial charge in [0.05, 0.1) is 6.10 Å². The van der Waals surface area contributed by atoms with Crippen LogP contribution >= 0.6 is 11.8 Å². The van der Waals surface area contributed by atoms with Crippen molar-refractivity contribution < 1.29 is 9.90 Å². The van der Waals surface area contributed by atoms with E-state index in [0.29, 0.717) is 18.0 Å². The van der Waals surface area contributed by atoms with Gasteiger partial charge in [-0.05, 0) is 42.7 Å². The van der Waals surface area contributed by atoms with Crippen LogP contribution in [0.5, 0.6) is 0 Å². The monoisotopic (exact) mass is 293 g/mol. The van der Waals surface area contributed by atoms with E-state index < -0.39 is 6.10 Å². The van der Waals surface area contributed by atoms with Gasteiger partial charge in [-0.25, -0.2) is 0 Å². The Balaban J connectivity index is 1.86. The molecular weight excluding hydrogens is 270 g/mol. The first-order valence-corrected chi connectivity index (χ1v) is 8.38. The molecule has 2 rings (SSSR count). The number of amides is 1. The molecule has 0 radical (unpaired) electrons. The molecule has 1 aliphatic carbocycles. The molecule has 1 aromatic rings. The van der Waals surface area contributed by atoms with Crippen LogP contribution in [0.4, 0.5) is 0 Å². The van der Waals surface area contributed by atoms with Gasteiger partial charge in [-0.15, -0.1) is 11.8 Å². The Hall–Kier alpha value is -1.00. The van der Waals surface area contributed by atoms with Crippen molar-refractivity contribution in [3.8, 4) is 0 Å². The third-order valence-electron chi connectivity index (χ3n) is 3.82. The maximum absolute atomic E-state index is 12.1. The molecule has 1 atom stereocenters. The van der Waals surface area contributed by atoms with Gasteiger partial charge in [0.1, 0.15) is 0 Å². The lowest BCUT2D eigenvalue weighted by molar-refractivity contribution is 0.0840. The Morgan fingerprint density at radius 1 is 1.45 bits per heavy atom. The van der Waals surface area contributed by atoms with Gasteiger partial charge in [-0.1, -0.05) is 25.8 Å². The van der Waals surface area contributed by atoms with Crippen molar-refractivity contribution in [3.05, 3.63) is 29.8 Å². The number of hydrogen-bond donors (Lipinski definition) is 2. The van der Waals surface area contributed by atoms with Crippen molar-refractivity contribution in [2.75, 3.05) is 12.3 Å². The Morgan fingerprint density at radius 3 is 2.90 bits per heavy atom. The number of rotatable bonds is 6. The number of nitrogens with one attached hydrogen (secondary N) is 1. The molecule has 0 bridgehead atoms. The van der Waals surface area contributed by atoms with Crippen LogP contribution in [0.15, 0.2) is 29.2 Å². The van der Waals surface area contributed by atoms with Gasteiger partial charge in [-0.3, -0.25) is 4.79 Å². The number of aliphatic hydroxyl groups excluding tert-OH is 1. The van der Waals surface area contributed by atoms with Crippen molar-refractivity contribution in [2.24, 2.45) is 5.92 Å². The molecule has 1 unspecified atom stereocenters. The third-order valence-corrected chi connectivity index (χ3v) is 4.70. The van der Waals surface area contributed by atoms with Crippen molar-refractivity contribution in [1.82, 2.24) is 5.32 Å². The van der Waals surface area contributed by atoms with Gasteiger partial charge in [0, 0.05) is 17.0 Å². The SMILES string of the molecule is CCSc1cccc(C(=O)NCC(O)C2CCCC2)c1. The summed E-state index contributed by atoms with van der Waals surface area (Å²) in [6.07, 6.45) is 4.16. The van der Waals surface area contributed by atoms with Crippen LogP contribution < -0.4 is 5.32 Å². The zero-order valence-electron chi connectivity index (χ0n) is 12.0. The number of aliphatic hydroxyl groups is 1. The Bertz CT molecular complexity index is 444. The molecule has 110 valence electrons. The number of benzene rings is 1. The molecule has 0 heterocycles. The Morgan fingerprint density at radius 2 is 2.20 bits per heavy atom. The second-order valence-electron chi connectivity index (χ2n) is 5.28. The van der Waals surface area contributed by atoms with Gasteiger partial charge in [0.15, 0.2) is 0 Å². The molecule has 1 fully saturated rings. The van der Waals surface area contributed by atoms with Crippen molar-refractivity contribution >= 4 is 17.7 Å². The number of carbonyl (C=O) groups is 1. The highest BCUT2D eigenvalue weighted by Crippen LogP contribution is 2.27. The fourth-order valence-corrected chi connectivity index (χ4v) is 3.42. The second kappa shape index (κ2) is 7.70. The van der Waals surface area contributed by atoms with E-state index in [9.17, 15) is 9.90 Å². The number of thioether (sulfide) groups is 1. The molecule has 1 saturated carbocycles. The minimum absolute atomic E-state index is 0.0967. The third kappa shape index (κ3) is 4.25. The first-order valence-electron chi connectivity index (χ1n) is 7.40. The van der Waals surface area contributed by atoms with E-state index in [2.05, 4.69) is 12.2 Å². The highest BCUT2D eigenvalue weighted by molar-refractivity contribution is 7.99. The molecule has 0 aliphatic heterocycles.